The molecule has 3 aromatic rings. The van der Waals surface area contributed by atoms with E-state index in [1.807, 2.05) is 89.9 Å². The lowest BCUT2D eigenvalue weighted by molar-refractivity contribution is -0.575. The van der Waals surface area contributed by atoms with Crippen molar-refractivity contribution in [3.63, 3.8) is 0 Å². The number of benzene rings is 1. The first-order valence-corrected chi connectivity index (χ1v) is 9.90. The molecule has 0 saturated heterocycles. The molecular formula is C21H22N3O2S2+. The number of ether oxygens (including phenoxy) is 1. The number of hydrogen-bond donors (Lipinski definition) is 2. The number of nitrogens with one attached hydrogen (secondary N) is 1. The zero-order valence-corrected chi connectivity index (χ0v) is 17.6. The molecule has 0 radical (unpaired) electrons. The number of pyridine rings is 1. The predicted molar refractivity (Wildman–Crippen MR) is 120 cm³/mol. The molecule has 144 valence electrons. The Morgan fingerprint density at radius 1 is 1.11 bits per heavy atom. The van der Waals surface area contributed by atoms with E-state index in [0.29, 0.717) is 10.7 Å². The van der Waals surface area contributed by atoms with E-state index < -0.39 is 0 Å². The van der Waals surface area contributed by atoms with E-state index in [0.717, 1.165) is 22.0 Å². The van der Waals surface area contributed by atoms with Gasteiger partial charge in [0.15, 0.2) is 17.4 Å². The minimum absolute atomic E-state index is 0.128. The Kier molecular flexibility index (Phi) is 6.28. The van der Waals surface area contributed by atoms with Gasteiger partial charge < -0.3 is 20.1 Å². The van der Waals surface area contributed by atoms with Crippen molar-refractivity contribution in [1.29, 1.82) is 0 Å². The highest BCUT2D eigenvalue weighted by Gasteiger charge is 2.24. The molecule has 2 N–H and O–H groups in total. The maximum Gasteiger partial charge on any atom is 0.289 e. The van der Waals surface area contributed by atoms with Gasteiger partial charge in [-0.1, -0.05) is 18.3 Å². The summed E-state index contributed by atoms with van der Waals surface area (Å²) in [6.07, 6.45) is 3.77. The number of aliphatic hydroxyl groups is 1. The standard InChI is InChI=1S/C21H21N3O2S2/c1-23(2)16-10-12-24(13-11-16)19(20(25)18-5-4-14-28-18)21(27)22-15-6-8-17(26-3)9-7-15/h4-14H,1-3H3,(H-,22,25,27)/p+1. The summed E-state index contributed by atoms with van der Waals surface area (Å²) in [4.78, 5) is 3.18. The molecule has 0 saturated carbocycles. The summed E-state index contributed by atoms with van der Waals surface area (Å²) in [7, 11) is 5.59. The van der Waals surface area contributed by atoms with Crippen LogP contribution in [0.4, 0.5) is 11.4 Å². The van der Waals surface area contributed by atoms with Crippen LogP contribution in [0, 0.1) is 0 Å². The van der Waals surface area contributed by atoms with E-state index in [1.165, 1.54) is 11.3 Å². The minimum Gasteiger partial charge on any atom is -0.501 e. The number of hydrogen-bond acceptors (Lipinski definition) is 5. The van der Waals surface area contributed by atoms with E-state index in [2.05, 4.69) is 5.32 Å². The summed E-state index contributed by atoms with van der Waals surface area (Å²) in [5.74, 6) is 0.894. The summed E-state index contributed by atoms with van der Waals surface area (Å²) < 4.78 is 7.01. The molecule has 0 aliphatic heterocycles. The highest BCUT2D eigenvalue weighted by Crippen LogP contribution is 2.23. The van der Waals surface area contributed by atoms with Gasteiger partial charge in [-0.2, -0.15) is 4.57 Å². The first-order valence-electron chi connectivity index (χ1n) is 8.61. The molecule has 1 aromatic carbocycles. The van der Waals surface area contributed by atoms with Crippen molar-refractivity contribution in [3.05, 3.63) is 71.2 Å². The molecule has 0 bridgehead atoms. The highest BCUT2D eigenvalue weighted by atomic mass is 32.1. The molecule has 0 unspecified atom stereocenters. The number of methoxy groups -OCH3 is 1. The molecule has 3 rings (SSSR count). The van der Waals surface area contributed by atoms with Crippen LogP contribution in [-0.2, 0) is 0 Å². The molecule has 0 atom stereocenters. The molecule has 7 heteroatoms. The fourth-order valence-electron chi connectivity index (χ4n) is 2.61. The van der Waals surface area contributed by atoms with Crippen LogP contribution >= 0.6 is 23.6 Å². The Morgan fingerprint density at radius 3 is 2.32 bits per heavy atom. The van der Waals surface area contributed by atoms with Crippen LogP contribution in [0.5, 0.6) is 5.75 Å². The highest BCUT2D eigenvalue weighted by molar-refractivity contribution is 7.81. The molecule has 0 fully saturated rings. The van der Waals surface area contributed by atoms with E-state index in [9.17, 15) is 5.11 Å². The van der Waals surface area contributed by atoms with Crippen molar-refractivity contribution >= 4 is 51.4 Å². The average Bonchev–Trinajstić information content (AvgIpc) is 3.24. The SMILES string of the molecule is COc1ccc(NC(=S)/C(=C(/O)c2cccs2)[n+]2ccc(N(C)C)cc2)cc1. The molecule has 2 aromatic heterocycles. The van der Waals surface area contributed by atoms with E-state index in [1.54, 1.807) is 7.11 Å². The lowest BCUT2D eigenvalue weighted by atomic mass is 10.2. The third kappa shape index (κ3) is 4.49. The topological polar surface area (TPSA) is 48.6 Å². The van der Waals surface area contributed by atoms with Gasteiger partial charge in [-0.3, -0.25) is 0 Å². The lowest BCUT2D eigenvalue weighted by Gasteiger charge is -2.12. The van der Waals surface area contributed by atoms with Crippen molar-refractivity contribution < 1.29 is 14.4 Å². The van der Waals surface area contributed by atoms with Crippen LogP contribution in [-0.4, -0.2) is 31.3 Å². The van der Waals surface area contributed by atoms with Crippen molar-refractivity contribution in [1.82, 2.24) is 0 Å². The Bertz CT molecular complexity index is 964. The van der Waals surface area contributed by atoms with Gasteiger partial charge in [0.1, 0.15) is 5.75 Å². The minimum atomic E-state index is 0.128. The lowest BCUT2D eigenvalue weighted by Crippen LogP contribution is -2.38. The maximum absolute atomic E-state index is 10.9. The Morgan fingerprint density at radius 2 is 1.79 bits per heavy atom. The van der Waals surface area contributed by atoms with Crippen molar-refractivity contribution in [3.8, 4) is 5.75 Å². The molecule has 5 nitrogen and oxygen atoms in total. The number of thiophene rings is 1. The second kappa shape index (κ2) is 8.86. The number of thiocarbonyl (C=S) groups is 1. The zero-order chi connectivity index (χ0) is 20.1. The normalized spacial score (nSPS) is 11.5. The van der Waals surface area contributed by atoms with Gasteiger partial charge in [-0.25, -0.2) is 0 Å². The molecular weight excluding hydrogens is 390 g/mol. The fraction of sp³-hybridized carbons (Fsp3) is 0.143. The maximum atomic E-state index is 10.9. The largest absolute Gasteiger partial charge is 0.501 e. The predicted octanol–water partition coefficient (Wildman–Crippen LogP) is 4.43. The summed E-state index contributed by atoms with van der Waals surface area (Å²) in [6.45, 7) is 0. The van der Waals surface area contributed by atoms with Crippen molar-refractivity contribution in [2.75, 3.05) is 31.4 Å². The molecule has 0 aliphatic rings. The number of aromatic nitrogens is 1. The molecule has 0 amide bonds. The van der Waals surface area contributed by atoms with E-state index in [-0.39, 0.29) is 5.76 Å². The third-order valence-electron chi connectivity index (χ3n) is 4.13. The first kappa shape index (κ1) is 19.9. The summed E-state index contributed by atoms with van der Waals surface area (Å²) >= 11 is 7.11. The summed E-state index contributed by atoms with van der Waals surface area (Å²) in [5.41, 5.74) is 2.38. The quantitative estimate of drug-likeness (QED) is 0.271. The number of nitrogens with zero attached hydrogens (tertiary/aromatic N) is 2. The van der Waals surface area contributed by atoms with Crippen LogP contribution in [0.1, 0.15) is 4.88 Å². The molecule has 28 heavy (non-hydrogen) atoms. The smallest absolute Gasteiger partial charge is 0.289 e. The Balaban J connectivity index is 1.98. The number of aliphatic hydroxyl groups excluding tert-OH is 1. The van der Waals surface area contributed by atoms with Gasteiger partial charge in [0, 0.05) is 37.6 Å². The first-order chi connectivity index (χ1) is 13.5. The van der Waals surface area contributed by atoms with Crippen LogP contribution in [0.15, 0.2) is 66.3 Å². The van der Waals surface area contributed by atoms with Gasteiger partial charge in [0.25, 0.3) is 5.70 Å². The van der Waals surface area contributed by atoms with Crippen molar-refractivity contribution in [2.45, 2.75) is 0 Å². The number of anilines is 2. The third-order valence-corrected chi connectivity index (χ3v) is 5.30. The fourth-order valence-corrected chi connectivity index (χ4v) is 3.60. The van der Waals surface area contributed by atoms with Crippen LogP contribution in [0.3, 0.4) is 0 Å². The summed E-state index contributed by atoms with van der Waals surface area (Å²) in [5, 5.41) is 16.1. The second-order valence-electron chi connectivity index (χ2n) is 6.22. The monoisotopic (exact) mass is 412 g/mol. The van der Waals surface area contributed by atoms with Gasteiger partial charge >= 0.3 is 0 Å². The van der Waals surface area contributed by atoms with Crippen molar-refractivity contribution in [2.24, 2.45) is 0 Å². The van der Waals surface area contributed by atoms with Crippen LogP contribution < -0.4 is 19.5 Å². The van der Waals surface area contributed by atoms with E-state index in [4.69, 9.17) is 17.0 Å². The Hall–Kier alpha value is -2.90. The molecule has 0 aliphatic carbocycles. The van der Waals surface area contributed by atoms with Gasteiger partial charge in [-0.15, -0.1) is 11.3 Å². The second-order valence-corrected chi connectivity index (χ2v) is 7.57. The average molecular weight is 413 g/mol. The molecule has 2 heterocycles. The van der Waals surface area contributed by atoms with E-state index >= 15 is 0 Å². The van der Waals surface area contributed by atoms with Crippen LogP contribution in [0.2, 0.25) is 0 Å². The summed E-state index contributed by atoms with van der Waals surface area (Å²) in [6, 6.07) is 15.2. The van der Waals surface area contributed by atoms with Gasteiger partial charge in [-0.05, 0) is 35.7 Å². The van der Waals surface area contributed by atoms with Gasteiger partial charge in [0.05, 0.1) is 12.0 Å². The van der Waals surface area contributed by atoms with Gasteiger partial charge in [0.2, 0.25) is 5.76 Å². The number of rotatable bonds is 6. The molecule has 0 spiro atoms. The van der Waals surface area contributed by atoms with Crippen LogP contribution in [0.25, 0.3) is 11.5 Å². The Labute approximate surface area is 174 Å². The zero-order valence-electron chi connectivity index (χ0n) is 15.9.